The first kappa shape index (κ1) is 21.6. The Kier molecular flexibility index (Phi) is 6.04. The molecule has 4 nitrogen and oxygen atoms in total. The van der Waals surface area contributed by atoms with E-state index in [1.165, 1.54) is 27.8 Å². The third-order valence-corrected chi connectivity index (χ3v) is 6.96. The van der Waals surface area contributed by atoms with E-state index < -0.39 is 0 Å². The maximum absolute atomic E-state index is 5.89. The number of hydrogen-bond donors (Lipinski definition) is 0. The van der Waals surface area contributed by atoms with E-state index in [9.17, 15) is 0 Å². The van der Waals surface area contributed by atoms with Crippen LogP contribution in [0.5, 0.6) is 5.75 Å². The Labute approximate surface area is 207 Å². The molecule has 0 aromatic heterocycles. The lowest BCUT2D eigenvalue weighted by atomic mass is 10.0. The van der Waals surface area contributed by atoms with Crippen molar-refractivity contribution in [3.63, 3.8) is 0 Å². The van der Waals surface area contributed by atoms with E-state index in [1.54, 1.807) is 0 Å². The maximum atomic E-state index is 5.89. The maximum Gasteiger partial charge on any atom is 0.119 e. The Morgan fingerprint density at radius 3 is 1.94 bits per heavy atom. The second-order valence-corrected chi connectivity index (χ2v) is 9.15. The van der Waals surface area contributed by atoms with Gasteiger partial charge in [0.05, 0.1) is 12.3 Å². The molecule has 4 aromatic carbocycles. The molecule has 0 spiro atoms. The average Bonchev–Trinajstić information content (AvgIpc) is 3.27. The van der Waals surface area contributed by atoms with Crippen LogP contribution in [0.2, 0.25) is 0 Å². The zero-order valence-corrected chi connectivity index (χ0v) is 19.8. The lowest BCUT2D eigenvalue weighted by Gasteiger charge is -2.37. The lowest BCUT2D eigenvalue weighted by molar-refractivity contribution is 0.114. The molecule has 0 N–H and O–H groups in total. The van der Waals surface area contributed by atoms with Crippen molar-refractivity contribution in [3.8, 4) is 16.9 Å². The second-order valence-electron chi connectivity index (χ2n) is 9.15. The summed E-state index contributed by atoms with van der Waals surface area (Å²) in [4.78, 5) is 2.61. The molecule has 35 heavy (non-hydrogen) atoms. The van der Waals surface area contributed by atoms with E-state index >= 15 is 0 Å². The Balaban J connectivity index is 1.06. The van der Waals surface area contributed by atoms with E-state index in [0.29, 0.717) is 12.6 Å². The number of nitrogens with zero attached hydrogens (tertiary/aromatic N) is 3. The monoisotopic (exact) mass is 459 g/mol. The quantitative estimate of drug-likeness (QED) is 0.332. The normalized spacial score (nSPS) is 15.8. The van der Waals surface area contributed by atoms with Crippen molar-refractivity contribution in [1.82, 2.24) is 9.91 Å². The van der Waals surface area contributed by atoms with Crippen LogP contribution in [0.15, 0.2) is 108 Å². The Morgan fingerprint density at radius 2 is 1.29 bits per heavy atom. The van der Waals surface area contributed by atoms with Gasteiger partial charge in [0.2, 0.25) is 0 Å². The smallest absolute Gasteiger partial charge is 0.119 e. The van der Waals surface area contributed by atoms with Crippen molar-refractivity contribution in [2.75, 3.05) is 26.2 Å². The lowest BCUT2D eigenvalue weighted by Crippen LogP contribution is -2.45. The van der Waals surface area contributed by atoms with Gasteiger partial charge in [-0.3, -0.25) is 9.91 Å². The number of rotatable bonds is 6. The van der Waals surface area contributed by atoms with Gasteiger partial charge in [0.25, 0.3) is 0 Å². The van der Waals surface area contributed by atoms with Crippen LogP contribution in [-0.4, -0.2) is 42.3 Å². The Hall–Kier alpha value is -3.89. The van der Waals surface area contributed by atoms with Crippen molar-refractivity contribution >= 4 is 6.21 Å². The SMILES string of the molecule is C(=N\N1CCN(C2c3ccccc3-c3ccccc32)CC1)/c1ccc(OCc2ccccc2)cc1. The van der Waals surface area contributed by atoms with Crippen LogP contribution in [0.4, 0.5) is 0 Å². The summed E-state index contributed by atoms with van der Waals surface area (Å²) in [5.74, 6) is 0.872. The van der Waals surface area contributed by atoms with E-state index in [1.807, 2.05) is 36.5 Å². The van der Waals surface area contributed by atoms with Crippen LogP contribution in [0.25, 0.3) is 11.1 Å². The van der Waals surface area contributed by atoms with Gasteiger partial charge < -0.3 is 4.74 Å². The van der Waals surface area contributed by atoms with Gasteiger partial charge in [-0.05, 0) is 57.6 Å². The first-order valence-corrected chi connectivity index (χ1v) is 12.3. The molecule has 1 fully saturated rings. The summed E-state index contributed by atoms with van der Waals surface area (Å²) >= 11 is 0. The summed E-state index contributed by atoms with van der Waals surface area (Å²) in [5, 5.41) is 6.95. The average molecular weight is 460 g/mol. The molecule has 4 heteroatoms. The molecule has 0 amide bonds. The molecule has 1 aliphatic carbocycles. The van der Waals surface area contributed by atoms with Crippen LogP contribution >= 0.6 is 0 Å². The van der Waals surface area contributed by atoms with Crippen molar-refractivity contribution in [2.45, 2.75) is 12.6 Å². The van der Waals surface area contributed by atoms with Gasteiger partial charge in [-0.2, -0.15) is 5.10 Å². The molecule has 0 saturated carbocycles. The molecule has 0 bridgehead atoms. The molecule has 1 heterocycles. The highest BCUT2D eigenvalue weighted by Gasteiger charge is 2.33. The molecule has 2 aliphatic rings. The molecule has 4 aromatic rings. The molecular weight excluding hydrogens is 430 g/mol. The molecule has 6 rings (SSSR count). The van der Waals surface area contributed by atoms with Crippen molar-refractivity contribution in [2.24, 2.45) is 5.10 Å². The summed E-state index contributed by atoms with van der Waals surface area (Å²) in [6.45, 7) is 4.42. The van der Waals surface area contributed by atoms with Crippen LogP contribution < -0.4 is 4.74 Å². The van der Waals surface area contributed by atoms with Crippen LogP contribution in [0.3, 0.4) is 0 Å². The summed E-state index contributed by atoms with van der Waals surface area (Å²) in [7, 11) is 0. The fourth-order valence-electron chi connectivity index (χ4n) is 5.15. The summed E-state index contributed by atoms with van der Waals surface area (Å²) in [5.41, 5.74) is 7.87. The number of fused-ring (bicyclic) bond motifs is 3. The third kappa shape index (κ3) is 4.58. The molecule has 0 atom stereocenters. The van der Waals surface area contributed by atoms with E-state index in [0.717, 1.165) is 37.5 Å². The zero-order valence-electron chi connectivity index (χ0n) is 19.8. The predicted molar refractivity (Wildman–Crippen MR) is 142 cm³/mol. The molecule has 0 radical (unpaired) electrons. The molecule has 1 saturated heterocycles. The minimum absolute atomic E-state index is 0.344. The summed E-state index contributed by atoms with van der Waals surface area (Å²) in [6, 6.07) is 36.4. The van der Waals surface area contributed by atoms with E-state index in [2.05, 4.69) is 82.7 Å². The zero-order chi connectivity index (χ0) is 23.5. The summed E-state index contributed by atoms with van der Waals surface area (Å²) < 4.78 is 5.89. The van der Waals surface area contributed by atoms with Gasteiger partial charge in [0, 0.05) is 26.2 Å². The van der Waals surface area contributed by atoms with Gasteiger partial charge in [-0.25, -0.2) is 0 Å². The fraction of sp³-hybridized carbons (Fsp3) is 0.194. The first-order valence-electron chi connectivity index (χ1n) is 12.3. The highest BCUT2D eigenvalue weighted by molar-refractivity contribution is 5.80. The van der Waals surface area contributed by atoms with Crippen LogP contribution in [-0.2, 0) is 6.61 Å². The van der Waals surface area contributed by atoms with Crippen LogP contribution in [0, 0.1) is 0 Å². The van der Waals surface area contributed by atoms with Gasteiger partial charge in [0.15, 0.2) is 0 Å². The molecule has 1 aliphatic heterocycles. The van der Waals surface area contributed by atoms with Crippen molar-refractivity contribution in [1.29, 1.82) is 0 Å². The van der Waals surface area contributed by atoms with Crippen molar-refractivity contribution < 1.29 is 4.74 Å². The largest absolute Gasteiger partial charge is 0.489 e. The Morgan fingerprint density at radius 1 is 0.686 bits per heavy atom. The predicted octanol–water partition coefficient (Wildman–Crippen LogP) is 5.99. The molecule has 0 unspecified atom stereocenters. The summed E-state index contributed by atoms with van der Waals surface area (Å²) in [6.07, 6.45) is 1.96. The van der Waals surface area contributed by atoms with Gasteiger partial charge >= 0.3 is 0 Å². The van der Waals surface area contributed by atoms with Gasteiger partial charge in [-0.15, -0.1) is 0 Å². The van der Waals surface area contributed by atoms with E-state index in [-0.39, 0.29) is 0 Å². The van der Waals surface area contributed by atoms with Crippen LogP contribution in [0.1, 0.15) is 28.3 Å². The topological polar surface area (TPSA) is 28.1 Å². The highest BCUT2D eigenvalue weighted by atomic mass is 16.5. The number of ether oxygens (including phenoxy) is 1. The number of benzene rings is 4. The molecular formula is C31H29N3O. The highest BCUT2D eigenvalue weighted by Crippen LogP contribution is 2.46. The Bertz CT molecular complexity index is 1260. The molecule has 174 valence electrons. The number of hydrazone groups is 1. The standard InChI is InChI=1S/C31H29N3O/c1-2-8-25(9-3-1)23-35-26-16-14-24(15-17-26)22-32-34-20-18-33(19-21-34)31-29-12-6-4-10-27(29)28-11-5-7-13-30(28)31/h1-17,22,31H,18-21,23H2/b32-22+. The number of hydrogen-bond acceptors (Lipinski definition) is 4. The minimum Gasteiger partial charge on any atom is -0.489 e. The number of piperazine rings is 1. The van der Waals surface area contributed by atoms with Gasteiger partial charge in [0.1, 0.15) is 12.4 Å². The van der Waals surface area contributed by atoms with Gasteiger partial charge in [-0.1, -0.05) is 78.9 Å². The fourth-order valence-corrected chi connectivity index (χ4v) is 5.15. The first-order chi connectivity index (χ1) is 17.3. The second kappa shape index (κ2) is 9.77. The third-order valence-electron chi connectivity index (χ3n) is 6.96. The van der Waals surface area contributed by atoms with Crippen molar-refractivity contribution in [3.05, 3.63) is 125 Å². The van der Waals surface area contributed by atoms with E-state index in [4.69, 9.17) is 9.84 Å². The minimum atomic E-state index is 0.344.